The van der Waals surface area contributed by atoms with E-state index in [1.54, 1.807) is 0 Å². The van der Waals surface area contributed by atoms with Gasteiger partial charge in [-0.1, -0.05) is 48.6 Å². The smallest absolute Gasteiger partial charge is 0.212 e. The molecule has 21 heavy (non-hydrogen) atoms. The number of carbonyl (C=O) groups is 1. The van der Waals surface area contributed by atoms with Crippen molar-refractivity contribution in [2.24, 2.45) is 7.05 Å². The van der Waals surface area contributed by atoms with Gasteiger partial charge in [0.2, 0.25) is 5.52 Å². The fourth-order valence-electron chi connectivity index (χ4n) is 2.40. The Kier molecular flexibility index (Phi) is 3.61. The highest BCUT2D eigenvalue weighted by molar-refractivity contribution is 5.88. The topological polar surface area (TPSA) is 20.9 Å². The molecule has 0 N–H and O–H groups in total. The van der Waals surface area contributed by atoms with Gasteiger partial charge in [-0.15, -0.1) is 0 Å². The lowest BCUT2D eigenvalue weighted by molar-refractivity contribution is -0.644. The number of nitrogens with zero attached hydrogens (tertiary/aromatic N) is 1. The van der Waals surface area contributed by atoms with Gasteiger partial charge in [-0.05, 0) is 17.2 Å². The summed E-state index contributed by atoms with van der Waals surface area (Å²) in [6.45, 7) is 0. The molecule has 0 unspecified atom stereocenters. The number of pyridine rings is 1. The van der Waals surface area contributed by atoms with Crippen LogP contribution in [0.3, 0.4) is 0 Å². The zero-order valence-corrected chi connectivity index (χ0v) is 11.9. The third-order valence-electron chi connectivity index (χ3n) is 3.60. The van der Waals surface area contributed by atoms with Gasteiger partial charge in [-0.2, -0.15) is 0 Å². The lowest BCUT2D eigenvalue weighted by Crippen LogP contribution is -2.28. The first-order chi connectivity index (χ1) is 10.3. The van der Waals surface area contributed by atoms with Crippen LogP contribution < -0.4 is 4.57 Å². The largest absolute Gasteiger partial charge is 0.298 e. The number of aldehydes is 1. The summed E-state index contributed by atoms with van der Waals surface area (Å²) < 4.78 is 2.12. The minimum Gasteiger partial charge on any atom is -0.298 e. The van der Waals surface area contributed by atoms with Crippen molar-refractivity contribution in [3.05, 3.63) is 77.5 Å². The van der Waals surface area contributed by atoms with Crippen molar-refractivity contribution in [1.82, 2.24) is 0 Å². The zero-order valence-electron chi connectivity index (χ0n) is 11.9. The Morgan fingerprint density at radius 2 is 1.57 bits per heavy atom. The average Bonchev–Trinajstić information content (AvgIpc) is 2.55. The molecule has 0 atom stereocenters. The minimum atomic E-state index is 0.698. The van der Waals surface area contributed by atoms with Gasteiger partial charge < -0.3 is 0 Å². The summed E-state index contributed by atoms with van der Waals surface area (Å²) in [5, 5.41) is 1.23. The molecule has 0 fully saturated rings. The van der Waals surface area contributed by atoms with Crippen molar-refractivity contribution in [2.45, 2.75) is 0 Å². The molecule has 2 nitrogen and oxygen atoms in total. The fraction of sp³-hybridized carbons (Fsp3) is 0.0526. The normalized spacial score (nSPS) is 11.1. The highest BCUT2D eigenvalue weighted by Crippen LogP contribution is 2.17. The number of benzene rings is 2. The molecular formula is C19H16NO+. The number of aromatic nitrogens is 1. The third kappa shape index (κ3) is 2.75. The van der Waals surface area contributed by atoms with Gasteiger partial charge in [0.15, 0.2) is 6.20 Å². The first kappa shape index (κ1) is 13.3. The third-order valence-corrected chi connectivity index (χ3v) is 3.60. The van der Waals surface area contributed by atoms with Gasteiger partial charge in [0.1, 0.15) is 13.3 Å². The van der Waals surface area contributed by atoms with E-state index in [2.05, 4.69) is 47.2 Å². The van der Waals surface area contributed by atoms with Gasteiger partial charge in [0.25, 0.3) is 0 Å². The number of rotatable bonds is 3. The van der Waals surface area contributed by atoms with Crippen LogP contribution in [-0.2, 0) is 7.05 Å². The lowest BCUT2D eigenvalue weighted by Gasteiger charge is -2.01. The van der Waals surface area contributed by atoms with E-state index in [0.717, 1.165) is 11.8 Å². The van der Waals surface area contributed by atoms with Crippen LogP contribution in [0.2, 0.25) is 0 Å². The maximum atomic E-state index is 10.7. The molecule has 1 aromatic heterocycles. The van der Waals surface area contributed by atoms with E-state index >= 15 is 0 Å². The molecule has 0 aliphatic rings. The molecule has 0 saturated heterocycles. The van der Waals surface area contributed by atoms with Crippen molar-refractivity contribution in [2.75, 3.05) is 0 Å². The van der Waals surface area contributed by atoms with Crippen LogP contribution in [0, 0.1) is 0 Å². The molecule has 2 heteroatoms. The van der Waals surface area contributed by atoms with Crippen LogP contribution >= 0.6 is 0 Å². The Morgan fingerprint density at radius 3 is 2.33 bits per heavy atom. The van der Waals surface area contributed by atoms with Crippen LogP contribution in [0.1, 0.15) is 21.5 Å². The number of hydrogen-bond acceptors (Lipinski definition) is 1. The molecule has 0 bridgehead atoms. The second-order valence-corrected chi connectivity index (χ2v) is 5.02. The molecule has 3 aromatic rings. The second kappa shape index (κ2) is 5.71. The summed E-state index contributed by atoms with van der Waals surface area (Å²) in [4.78, 5) is 10.7. The van der Waals surface area contributed by atoms with Crippen LogP contribution in [-0.4, -0.2) is 6.29 Å². The number of carbonyl (C=O) groups excluding carboxylic acids is 1. The Balaban J connectivity index is 1.99. The van der Waals surface area contributed by atoms with Crippen molar-refractivity contribution >= 4 is 29.3 Å². The Morgan fingerprint density at radius 1 is 0.857 bits per heavy atom. The van der Waals surface area contributed by atoms with Crippen molar-refractivity contribution < 1.29 is 9.36 Å². The summed E-state index contributed by atoms with van der Waals surface area (Å²) in [6.07, 6.45) is 7.10. The van der Waals surface area contributed by atoms with E-state index in [9.17, 15) is 4.79 Å². The van der Waals surface area contributed by atoms with Crippen molar-refractivity contribution in [1.29, 1.82) is 0 Å². The van der Waals surface area contributed by atoms with Gasteiger partial charge in [-0.3, -0.25) is 4.79 Å². The molecule has 3 rings (SSSR count). The quantitative estimate of drug-likeness (QED) is 0.527. The van der Waals surface area contributed by atoms with E-state index in [4.69, 9.17) is 0 Å². The molecule has 0 saturated carbocycles. The van der Waals surface area contributed by atoms with Crippen LogP contribution in [0.25, 0.3) is 23.1 Å². The Bertz CT molecular complexity index is 817. The summed E-state index contributed by atoms with van der Waals surface area (Å²) >= 11 is 0. The summed E-state index contributed by atoms with van der Waals surface area (Å²) in [5.41, 5.74) is 4.17. The summed E-state index contributed by atoms with van der Waals surface area (Å²) in [6, 6.07) is 18.0. The van der Waals surface area contributed by atoms with E-state index in [1.165, 1.54) is 16.5 Å². The van der Waals surface area contributed by atoms with E-state index in [0.29, 0.717) is 5.56 Å². The molecule has 0 radical (unpaired) electrons. The maximum Gasteiger partial charge on any atom is 0.212 e. The van der Waals surface area contributed by atoms with Crippen LogP contribution in [0.4, 0.5) is 0 Å². The maximum absolute atomic E-state index is 10.7. The Hall–Kier alpha value is -2.74. The number of aryl methyl sites for hydroxylation is 1. The average molecular weight is 274 g/mol. The molecule has 0 amide bonds. The van der Waals surface area contributed by atoms with Gasteiger partial charge in [0, 0.05) is 17.7 Å². The van der Waals surface area contributed by atoms with Crippen molar-refractivity contribution in [3.63, 3.8) is 0 Å². The standard InChI is InChI=1S/C19H16NO/c1-20-13-12-17(18-4-2-3-5-19(18)20)11-10-15-6-8-16(14-21)9-7-15/h2-14H,1H3/q+1. The van der Waals surface area contributed by atoms with E-state index in [1.807, 2.05) is 37.4 Å². The number of para-hydroxylation sites is 1. The summed E-state index contributed by atoms with van der Waals surface area (Å²) in [7, 11) is 2.05. The van der Waals surface area contributed by atoms with E-state index in [-0.39, 0.29) is 0 Å². The molecule has 0 aliphatic heterocycles. The molecular weight excluding hydrogens is 258 g/mol. The molecule has 1 heterocycles. The van der Waals surface area contributed by atoms with Gasteiger partial charge in [0.05, 0.1) is 5.39 Å². The number of hydrogen-bond donors (Lipinski definition) is 0. The molecule has 2 aromatic carbocycles. The van der Waals surface area contributed by atoms with Gasteiger partial charge >= 0.3 is 0 Å². The number of fused-ring (bicyclic) bond motifs is 1. The Labute approximate surface area is 124 Å². The molecule has 102 valence electrons. The monoisotopic (exact) mass is 274 g/mol. The van der Waals surface area contributed by atoms with E-state index < -0.39 is 0 Å². The van der Waals surface area contributed by atoms with Crippen LogP contribution in [0.15, 0.2) is 60.8 Å². The minimum absolute atomic E-state index is 0.698. The second-order valence-electron chi connectivity index (χ2n) is 5.02. The van der Waals surface area contributed by atoms with Crippen molar-refractivity contribution in [3.8, 4) is 0 Å². The highest BCUT2D eigenvalue weighted by Gasteiger charge is 2.06. The molecule has 0 aliphatic carbocycles. The first-order valence-corrected chi connectivity index (χ1v) is 6.88. The first-order valence-electron chi connectivity index (χ1n) is 6.88. The van der Waals surface area contributed by atoms with Crippen LogP contribution in [0.5, 0.6) is 0 Å². The molecule has 0 spiro atoms. The fourth-order valence-corrected chi connectivity index (χ4v) is 2.40. The summed E-state index contributed by atoms with van der Waals surface area (Å²) in [5.74, 6) is 0. The lowest BCUT2D eigenvalue weighted by atomic mass is 10.1. The zero-order chi connectivity index (χ0) is 14.7. The predicted octanol–water partition coefficient (Wildman–Crippen LogP) is 3.65. The highest BCUT2D eigenvalue weighted by atomic mass is 16.1. The SMILES string of the molecule is C[n+]1ccc(C=Cc2ccc(C=O)cc2)c2ccccc21. The predicted molar refractivity (Wildman–Crippen MR) is 85.9 cm³/mol. The van der Waals surface area contributed by atoms with Gasteiger partial charge in [-0.25, -0.2) is 4.57 Å².